The lowest BCUT2D eigenvalue weighted by atomic mass is 10.0. The number of carbonyl (C=O) groups is 1. The van der Waals surface area contributed by atoms with Gasteiger partial charge in [-0.05, 0) is 37.6 Å². The summed E-state index contributed by atoms with van der Waals surface area (Å²) in [6.45, 7) is 3.84. The number of amides is 1. The van der Waals surface area contributed by atoms with E-state index in [9.17, 15) is 27.9 Å². The van der Waals surface area contributed by atoms with Crippen LogP contribution in [-0.4, -0.2) is 53.6 Å². The maximum Gasteiger partial charge on any atom is 0.431 e. The van der Waals surface area contributed by atoms with Crippen LogP contribution in [0.25, 0.3) is 11.1 Å². The van der Waals surface area contributed by atoms with Crippen LogP contribution < -0.4 is 16.0 Å². The van der Waals surface area contributed by atoms with E-state index in [0.717, 1.165) is 6.07 Å². The van der Waals surface area contributed by atoms with Crippen molar-refractivity contribution in [2.75, 3.05) is 19.8 Å². The molecule has 1 amide bonds. The van der Waals surface area contributed by atoms with Crippen LogP contribution in [-0.2, 0) is 15.7 Å². The van der Waals surface area contributed by atoms with E-state index in [1.165, 1.54) is 24.3 Å². The Labute approximate surface area is 181 Å². The van der Waals surface area contributed by atoms with Crippen LogP contribution in [0.1, 0.15) is 29.9 Å². The minimum absolute atomic E-state index is 0.0998. The lowest BCUT2D eigenvalue weighted by molar-refractivity contribution is -0.202. The third-order valence-corrected chi connectivity index (χ3v) is 4.91. The van der Waals surface area contributed by atoms with Gasteiger partial charge in [0.1, 0.15) is 35.8 Å². The number of carbonyl (C=O) groups excluding carboxylic acids is 1. The first kappa shape index (κ1) is 23.8. The first-order chi connectivity index (χ1) is 14.9. The molecule has 2 heterocycles. The first-order valence-electron chi connectivity index (χ1n) is 9.69. The molecule has 4 N–H and O–H groups in total. The van der Waals surface area contributed by atoms with Gasteiger partial charge in [0, 0.05) is 5.56 Å². The largest absolute Gasteiger partial charge is 0.491 e. The van der Waals surface area contributed by atoms with Crippen LogP contribution in [0.3, 0.4) is 0 Å². The summed E-state index contributed by atoms with van der Waals surface area (Å²) in [4.78, 5) is 24.9. The minimum atomic E-state index is -4.85. The van der Waals surface area contributed by atoms with Gasteiger partial charge in [-0.1, -0.05) is 12.1 Å². The van der Waals surface area contributed by atoms with Crippen LogP contribution in [0.15, 0.2) is 35.1 Å². The number of halogens is 3. The highest BCUT2D eigenvalue weighted by atomic mass is 19.4. The molecule has 2 aromatic rings. The van der Waals surface area contributed by atoms with E-state index in [-0.39, 0.29) is 25.4 Å². The number of aliphatic hydroxyl groups is 1. The molecule has 32 heavy (non-hydrogen) atoms. The van der Waals surface area contributed by atoms with E-state index in [1.54, 1.807) is 18.8 Å². The van der Waals surface area contributed by atoms with Crippen LogP contribution >= 0.6 is 0 Å². The zero-order chi connectivity index (χ0) is 23.7. The number of benzene rings is 1. The molecule has 2 unspecified atom stereocenters. The molecular weight excluding hydrogens is 433 g/mol. The molecule has 11 heteroatoms. The van der Waals surface area contributed by atoms with E-state index in [2.05, 4.69) is 0 Å². The normalized spacial score (nSPS) is 19.6. The Morgan fingerprint density at radius 3 is 2.47 bits per heavy atom. The highest BCUT2D eigenvalue weighted by Gasteiger charge is 2.36. The number of hydrogen-bond donors (Lipinski definition) is 3. The van der Waals surface area contributed by atoms with Gasteiger partial charge in [0.05, 0.1) is 18.8 Å². The zero-order valence-corrected chi connectivity index (χ0v) is 17.4. The molecule has 8 nitrogen and oxygen atoms in total. The fraction of sp³-hybridized carbons (Fsp3) is 0.429. The van der Waals surface area contributed by atoms with Gasteiger partial charge in [0.25, 0.3) is 11.5 Å². The number of rotatable bonds is 6. The Bertz CT molecular complexity index is 1030. The van der Waals surface area contributed by atoms with Crippen LogP contribution in [0.2, 0.25) is 0 Å². The summed E-state index contributed by atoms with van der Waals surface area (Å²) in [5.41, 5.74) is 0.633. The van der Waals surface area contributed by atoms with Crippen molar-refractivity contribution in [3.8, 4) is 16.9 Å². The quantitative estimate of drug-likeness (QED) is 0.612. The van der Waals surface area contributed by atoms with Crippen molar-refractivity contribution in [2.24, 2.45) is 5.73 Å². The Balaban J connectivity index is 1.78. The van der Waals surface area contributed by atoms with Gasteiger partial charge in [0.15, 0.2) is 0 Å². The van der Waals surface area contributed by atoms with Gasteiger partial charge in [-0.15, -0.1) is 0 Å². The predicted octanol–water partition coefficient (Wildman–Crippen LogP) is 2.09. The summed E-state index contributed by atoms with van der Waals surface area (Å²) in [6, 6.07) is 6.44. The molecule has 0 saturated carbocycles. The Kier molecular flexibility index (Phi) is 6.63. The molecule has 1 aromatic heterocycles. The summed E-state index contributed by atoms with van der Waals surface area (Å²) in [7, 11) is 0. The molecule has 1 saturated heterocycles. The van der Waals surface area contributed by atoms with Crippen molar-refractivity contribution in [2.45, 2.75) is 37.8 Å². The van der Waals surface area contributed by atoms with Crippen molar-refractivity contribution >= 4 is 5.91 Å². The molecule has 0 spiro atoms. The van der Waals surface area contributed by atoms with Gasteiger partial charge in [-0.2, -0.15) is 13.2 Å². The summed E-state index contributed by atoms with van der Waals surface area (Å²) >= 11 is 0. The van der Waals surface area contributed by atoms with Crippen LogP contribution in [0.5, 0.6) is 5.75 Å². The van der Waals surface area contributed by atoms with Gasteiger partial charge < -0.3 is 30.0 Å². The molecule has 174 valence electrons. The molecule has 2 atom stereocenters. The van der Waals surface area contributed by atoms with Crippen LogP contribution in [0.4, 0.5) is 13.2 Å². The Morgan fingerprint density at radius 1 is 1.25 bits per heavy atom. The fourth-order valence-electron chi connectivity index (χ4n) is 3.16. The highest BCUT2D eigenvalue weighted by Crippen LogP contribution is 2.35. The molecule has 1 aliphatic heterocycles. The molecule has 0 aliphatic carbocycles. The van der Waals surface area contributed by atoms with E-state index in [0.29, 0.717) is 5.75 Å². The number of aromatic amines is 1. The van der Waals surface area contributed by atoms with Gasteiger partial charge in [-0.3, -0.25) is 9.59 Å². The second-order valence-electron chi connectivity index (χ2n) is 7.94. The third kappa shape index (κ3) is 5.47. The van der Waals surface area contributed by atoms with E-state index < -0.39 is 52.3 Å². The SMILES string of the molecule is CC(C)(O)C1COCC(COc2ccc(-c3cc(C(N)=O)c(=O)[nH]c3C(F)(F)F)cc2)O1. The number of primary amides is 1. The second kappa shape index (κ2) is 8.93. The molecule has 1 aromatic carbocycles. The third-order valence-electron chi connectivity index (χ3n) is 4.91. The summed E-state index contributed by atoms with van der Waals surface area (Å²) in [6.07, 6.45) is -5.81. The average molecular weight is 456 g/mol. The van der Waals surface area contributed by atoms with E-state index in [1.807, 2.05) is 0 Å². The van der Waals surface area contributed by atoms with Crippen molar-refractivity contribution in [1.29, 1.82) is 0 Å². The number of alkyl halides is 3. The van der Waals surface area contributed by atoms with Gasteiger partial charge in [0.2, 0.25) is 0 Å². The number of H-pyrrole nitrogens is 1. The predicted molar refractivity (Wildman–Crippen MR) is 107 cm³/mol. The molecule has 1 fully saturated rings. The van der Waals surface area contributed by atoms with E-state index in [4.69, 9.17) is 19.9 Å². The van der Waals surface area contributed by atoms with Crippen molar-refractivity contribution in [3.05, 3.63) is 51.9 Å². The van der Waals surface area contributed by atoms with Crippen molar-refractivity contribution in [3.63, 3.8) is 0 Å². The first-order valence-corrected chi connectivity index (χ1v) is 9.69. The Hall–Kier alpha value is -2.89. The average Bonchev–Trinajstić information content (AvgIpc) is 2.71. The van der Waals surface area contributed by atoms with Crippen molar-refractivity contribution < 1.29 is 37.3 Å². The molecule has 0 bridgehead atoms. The lowest BCUT2D eigenvalue weighted by Gasteiger charge is -2.36. The monoisotopic (exact) mass is 456 g/mol. The van der Waals surface area contributed by atoms with E-state index >= 15 is 0 Å². The number of aromatic nitrogens is 1. The van der Waals surface area contributed by atoms with Crippen LogP contribution in [0, 0.1) is 0 Å². The summed E-state index contributed by atoms with van der Waals surface area (Å²) in [5.74, 6) is -0.781. The van der Waals surface area contributed by atoms with Gasteiger partial charge in [-0.25, -0.2) is 0 Å². The topological polar surface area (TPSA) is 124 Å². The Morgan fingerprint density at radius 2 is 1.91 bits per heavy atom. The number of pyridine rings is 1. The minimum Gasteiger partial charge on any atom is -0.491 e. The molecule has 1 aliphatic rings. The summed E-state index contributed by atoms with van der Waals surface area (Å²) in [5, 5.41) is 10.1. The van der Waals surface area contributed by atoms with Crippen molar-refractivity contribution in [1.82, 2.24) is 4.98 Å². The second-order valence-corrected chi connectivity index (χ2v) is 7.94. The molecule has 3 rings (SSSR count). The number of ether oxygens (including phenoxy) is 3. The maximum atomic E-state index is 13.4. The fourth-order valence-corrected chi connectivity index (χ4v) is 3.16. The molecular formula is C21H23F3N2O6. The summed E-state index contributed by atoms with van der Waals surface area (Å²) < 4.78 is 57.1. The standard InChI is InChI=1S/C21H23F3N2O6/c1-20(2,29)16-10-30-8-13(32-16)9-31-12-5-3-11(4-6-12)14-7-15(18(25)27)19(28)26-17(14)21(22,23)24/h3-7,13,16,29H,8-10H2,1-2H3,(H2,25,27)(H,26,28). The number of nitrogens with two attached hydrogens (primary N) is 1. The number of nitrogens with one attached hydrogen (secondary N) is 1. The number of hydrogen-bond acceptors (Lipinski definition) is 6. The smallest absolute Gasteiger partial charge is 0.431 e. The lowest BCUT2D eigenvalue weighted by Crippen LogP contribution is -2.49. The maximum absolute atomic E-state index is 13.4. The molecule has 0 radical (unpaired) electrons. The zero-order valence-electron chi connectivity index (χ0n) is 17.4. The van der Waals surface area contributed by atoms with Gasteiger partial charge >= 0.3 is 6.18 Å². The highest BCUT2D eigenvalue weighted by molar-refractivity contribution is 5.94.